The molecule has 2 aromatic heterocycles. The smallest absolute Gasteiger partial charge is 0.327 e. The van der Waals surface area contributed by atoms with Gasteiger partial charge in [0.1, 0.15) is 17.9 Å². The maximum atomic E-state index is 13.5. The zero-order valence-corrected chi connectivity index (χ0v) is 29.4. The number of hydrogen-bond donors (Lipinski definition) is 3. The molecule has 47 heavy (non-hydrogen) atoms. The van der Waals surface area contributed by atoms with E-state index in [1.807, 2.05) is 48.2 Å². The Bertz CT molecular complexity index is 1570. The summed E-state index contributed by atoms with van der Waals surface area (Å²) in [5, 5.41) is 5.19. The molecule has 0 aliphatic heterocycles. The van der Waals surface area contributed by atoms with Crippen molar-refractivity contribution in [1.29, 1.82) is 0 Å². The highest BCUT2D eigenvalue weighted by molar-refractivity contribution is 7.96. The van der Waals surface area contributed by atoms with Crippen molar-refractivity contribution < 1.29 is 23.3 Å². The highest BCUT2D eigenvalue weighted by Crippen LogP contribution is 2.45. The molecule has 3 unspecified atom stereocenters. The fourth-order valence-corrected chi connectivity index (χ4v) is 7.34. The van der Waals surface area contributed by atoms with Crippen LogP contribution >= 0.6 is 20.5 Å². The summed E-state index contributed by atoms with van der Waals surface area (Å²) in [5.74, 6) is 1.10. The van der Waals surface area contributed by atoms with Crippen molar-refractivity contribution in [2.75, 3.05) is 44.4 Å². The zero-order valence-electron chi connectivity index (χ0n) is 27.6. The van der Waals surface area contributed by atoms with Crippen molar-refractivity contribution in [2.24, 2.45) is 0 Å². The van der Waals surface area contributed by atoms with E-state index in [1.54, 1.807) is 18.4 Å². The first kappa shape index (κ1) is 35.1. The van der Waals surface area contributed by atoms with Crippen molar-refractivity contribution in [2.45, 2.75) is 70.1 Å². The number of nitrogen functional groups attached to an aromatic ring is 1. The van der Waals surface area contributed by atoms with Gasteiger partial charge in [-0.25, -0.2) is 10.1 Å². The highest BCUT2D eigenvalue weighted by atomic mass is 32.2. The molecule has 1 aromatic carbocycles. The van der Waals surface area contributed by atoms with Crippen molar-refractivity contribution in [3.63, 3.8) is 0 Å². The van der Waals surface area contributed by atoms with Crippen molar-refractivity contribution >= 4 is 49.4 Å². The van der Waals surface area contributed by atoms with E-state index in [0.717, 1.165) is 24.8 Å². The standard InChI is InChI=1S/C32H45N8O5PS/c1-22-12-9-10-13-24(22)19-43-30(41)32(16-11-17-32)37-46(45-25-14-7-6-8-15-25)44-20-26(42-4)18-23(2)40-21-34-27-28(39(3)38-47-5)35-31(33)36-29(27)40/h6-8,10,13-15,21,23,26,37-38H,9,11-12,16-20H2,1-5H3,(H2,33,35,36). The molecule has 1 fully saturated rings. The van der Waals surface area contributed by atoms with Gasteiger partial charge >= 0.3 is 14.5 Å². The van der Waals surface area contributed by atoms with Crippen LogP contribution in [0.4, 0.5) is 11.8 Å². The molecule has 0 saturated heterocycles. The number of nitrogens with one attached hydrogen (secondary N) is 2. The first-order valence-corrected chi connectivity index (χ1v) is 18.1. The molecule has 0 spiro atoms. The van der Waals surface area contributed by atoms with Gasteiger partial charge in [-0.05, 0) is 76.3 Å². The van der Waals surface area contributed by atoms with Crippen LogP contribution in [0, 0.1) is 0 Å². The molecule has 2 aliphatic rings. The van der Waals surface area contributed by atoms with Gasteiger partial charge in [-0.3, -0.25) is 9.80 Å². The monoisotopic (exact) mass is 684 g/mol. The van der Waals surface area contributed by atoms with E-state index >= 15 is 0 Å². The van der Waals surface area contributed by atoms with Crippen LogP contribution in [0.5, 0.6) is 5.75 Å². The van der Waals surface area contributed by atoms with Gasteiger partial charge in [-0.2, -0.15) is 14.8 Å². The number of nitrogens with zero attached hydrogens (tertiary/aromatic N) is 5. The van der Waals surface area contributed by atoms with Gasteiger partial charge < -0.3 is 28.8 Å². The van der Waals surface area contributed by atoms with Gasteiger partial charge in [-0.15, -0.1) is 0 Å². The summed E-state index contributed by atoms with van der Waals surface area (Å²) >= 11 is 1.44. The molecule has 0 radical (unpaired) electrons. The number of anilines is 2. The van der Waals surface area contributed by atoms with Gasteiger partial charge in [0, 0.05) is 20.2 Å². The second kappa shape index (κ2) is 16.2. The zero-order chi connectivity index (χ0) is 33.4. The first-order valence-electron chi connectivity index (χ1n) is 15.7. The lowest BCUT2D eigenvalue weighted by Gasteiger charge is -2.41. The largest absolute Gasteiger partial charge is 0.459 e. The SMILES string of the molecule is COC(COP(NC1(C(=O)OCC2=C(C)CCC=C2)CCC1)Oc1ccccc1)CC(C)n1cnc2c(N(C)NSC)nc(N)nc21. The van der Waals surface area contributed by atoms with E-state index in [4.69, 9.17) is 24.3 Å². The Balaban J connectivity index is 1.27. The number of allylic oxidation sites excluding steroid dienone is 2. The third kappa shape index (κ3) is 8.62. The molecule has 5 rings (SSSR count). The number of nitrogens with two attached hydrogens (primary N) is 1. The summed E-state index contributed by atoms with van der Waals surface area (Å²) in [6.45, 7) is 4.65. The van der Waals surface area contributed by atoms with Gasteiger partial charge in [0.2, 0.25) is 5.95 Å². The lowest BCUT2D eigenvalue weighted by molar-refractivity contribution is -0.153. The van der Waals surface area contributed by atoms with Gasteiger partial charge in [0.25, 0.3) is 0 Å². The molecule has 0 bridgehead atoms. The summed E-state index contributed by atoms with van der Waals surface area (Å²) in [6.07, 6.45) is 12.3. The van der Waals surface area contributed by atoms with Crippen molar-refractivity contribution in [1.82, 2.24) is 29.4 Å². The lowest BCUT2D eigenvalue weighted by atomic mass is 9.78. The van der Waals surface area contributed by atoms with E-state index in [0.29, 0.717) is 42.0 Å². The summed E-state index contributed by atoms with van der Waals surface area (Å²) in [5.41, 5.74) is 8.80. The van der Waals surface area contributed by atoms with E-state index in [2.05, 4.69) is 50.9 Å². The molecule has 13 nitrogen and oxygen atoms in total. The molecule has 2 heterocycles. The number of ether oxygens (including phenoxy) is 2. The number of hydrazine groups is 1. The molecule has 0 amide bonds. The predicted octanol–water partition coefficient (Wildman–Crippen LogP) is 5.64. The van der Waals surface area contributed by atoms with Crippen LogP contribution < -0.4 is 25.2 Å². The number of methoxy groups -OCH3 is 1. The third-order valence-corrected chi connectivity index (χ3v) is 10.3. The normalized spacial score (nSPS) is 17.6. The molecule has 254 valence electrons. The Morgan fingerprint density at radius 2 is 2.04 bits per heavy atom. The first-order chi connectivity index (χ1) is 22.7. The number of fused-ring (bicyclic) bond motifs is 1. The molecule has 3 aromatic rings. The number of imidazole rings is 1. The van der Waals surface area contributed by atoms with Crippen LogP contribution in [0.3, 0.4) is 0 Å². The Kier molecular flexibility index (Phi) is 12.1. The number of carbonyl (C=O) groups is 1. The predicted molar refractivity (Wildman–Crippen MR) is 187 cm³/mol. The fraction of sp³-hybridized carbons (Fsp3) is 0.500. The Morgan fingerprint density at radius 1 is 1.26 bits per heavy atom. The maximum Gasteiger partial charge on any atom is 0.327 e. The van der Waals surface area contributed by atoms with E-state index in [9.17, 15) is 4.79 Å². The lowest BCUT2D eigenvalue weighted by Crippen LogP contribution is -2.56. The Hall–Kier alpha value is -3.26. The Labute approximate surface area is 281 Å². The number of hydrogen-bond acceptors (Lipinski definition) is 13. The summed E-state index contributed by atoms with van der Waals surface area (Å²) < 4.78 is 26.4. The van der Waals surface area contributed by atoms with E-state index < -0.39 is 14.1 Å². The quantitative estimate of drug-likeness (QED) is 0.0697. The van der Waals surface area contributed by atoms with Crippen LogP contribution in [-0.4, -0.2) is 70.8 Å². The van der Waals surface area contributed by atoms with Crippen molar-refractivity contribution in [3.05, 3.63) is 60.0 Å². The summed E-state index contributed by atoms with van der Waals surface area (Å²) in [4.78, 5) is 30.1. The number of benzene rings is 1. The topological polar surface area (TPSA) is 151 Å². The fourth-order valence-electron chi connectivity index (χ4n) is 5.54. The van der Waals surface area contributed by atoms with E-state index in [1.165, 1.54) is 17.5 Å². The Morgan fingerprint density at radius 3 is 2.72 bits per heavy atom. The summed E-state index contributed by atoms with van der Waals surface area (Å²) in [7, 11) is 1.78. The highest BCUT2D eigenvalue weighted by Gasteiger charge is 2.48. The van der Waals surface area contributed by atoms with Gasteiger partial charge in [0.05, 0.1) is 19.0 Å². The second-order valence-corrected chi connectivity index (χ2v) is 13.6. The average Bonchev–Trinajstić information content (AvgIpc) is 3.48. The number of para-hydroxylation sites is 1. The number of carbonyl (C=O) groups excluding carboxylic acids is 1. The van der Waals surface area contributed by atoms with Crippen LogP contribution in [0.15, 0.2) is 60.0 Å². The number of rotatable bonds is 17. The molecule has 1 saturated carbocycles. The molecular weight excluding hydrogens is 639 g/mol. The van der Waals surface area contributed by atoms with Crippen molar-refractivity contribution in [3.8, 4) is 5.75 Å². The van der Waals surface area contributed by atoms with Crippen LogP contribution in [-0.2, 0) is 18.8 Å². The molecule has 4 N–H and O–H groups in total. The minimum atomic E-state index is -1.73. The number of esters is 1. The van der Waals surface area contributed by atoms with Crippen LogP contribution in [0.1, 0.15) is 58.4 Å². The van der Waals surface area contributed by atoms with E-state index in [-0.39, 0.29) is 37.3 Å². The van der Waals surface area contributed by atoms with Crippen LogP contribution in [0.2, 0.25) is 0 Å². The molecule has 3 atom stereocenters. The maximum absolute atomic E-state index is 13.5. The minimum absolute atomic E-state index is 0.0664. The third-order valence-electron chi connectivity index (χ3n) is 8.50. The number of aromatic nitrogens is 4. The van der Waals surface area contributed by atoms with Gasteiger partial charge in [-0.1, -0.05) is 47.9 Å². The van der Waals surface area contributed by atoms with Crippen LogP contribution in [0.25, 0.3) is 11.2 Å². The second-order valence-electron chi connectivity index (χ2n) is 11.9. The average molecular weight is 685 g/mol. The molecule has 15 heteroatoms. The minimum Gasteiger partial charge on any atom is -0.459 e. The summed E-state index contributed by atoms with van der Waals surface area (Å²) in [6, 6.07) is 9.38. The molecular formula is C32H45N8O5PS. The molecule has 2 aliphatic carbocycles. The van der Waals surface area contributed by atoms with Gasteiger partial charge in [0.15, 0.2) is 17.0 Å².